The lowest BCUT2D eigenvalue weighted by Gasteiger charge is -2.29. The third-order valence-corrected chi connectivity index (χ3v) is 3.85. The van der Waals surface area contributed by atoms with E-state index >= 15 is 0 Å². The molecule has 0 spiro atoms. The van der Waals surface area contributed by atoms with Crippen molar-refractivity contribution in [2.45, 2.75) is 58.7 Å². The van der Waals surface area contributed by atoms with Crippen molar-refractivity contribution in [2.24, 2.45) is 0 Å². The number of hydrogen-bond acceptors (Lipinski definition) is 3. The number of rotatable bonds is 7. The lowest BCUT2D eigenvalue weighted by atomic mass is 10.1. The SMILES string of the molecule is CCCCOC(C)(CI)CNC(=O)OC(C)(C)C. The molecule has 0 aromatic rings. The van der Waals surface area contributed by atoms with Crippen LogP contribution in [0.1, 0.15) is 47.5 Å². The Bertz CT molecular complexity index is 253. The Morgan fingerprint density at radius 3 is 2.33 bits per heavy atom. The molecule has 1 atom stereocenters. The van der Waals surface area contributed by atoms with Crippen molar-refractivity contribution in [1.29, 1.82) is 0 Å². The molecule has 108 valence electrons. The second kappa shape index (κ2) is 8.19. The molecule has 5 heteroatoms. The van der Waals surface area contributed by atoms with Crippen molar-refractivity contribution in [1.82, 2.24) is 5.32 Å². The van der Waals surface area contributed by atoms with E-state index in [2.05, 4.69) is 34.8 Å². The molecule has 0 saturated heterocycles. The molecule has 0 fully saturated rings. The summed E-state index contributed by atoms with van der Waals surface area (Å²) in [6.07, 6.45) is 1.76. The van der Waals surface area contributed by atoms with Crippen LogP contribution >= 0.6 is 22.6 Å². The van der Waals surface area contributed by atoms with Gasteiger partial charge in [0.25, 0.3) is 0 Å². The second-order valence-corrected chi connectivity index (χ2v) is 6.40. The maximum atomic E-state index is 11.6. The van der Waals surface area contributed by atoms with E-state index in [4.69, 9.17) is 9.47 Å². The third-order valence-electron chi connectivity index (χ3n) is 2.24. The number of ether oxygens (including phenoxy) is 2. The Kier molecular flexibility index (Phi) is 8.18. The number of alkyl halides is 1. The number of unbranched alkanes of at least 4 members (excludes halogenated alkanes) is 1. The quantitative estimate of drug-likeness (QED) is 0.423. The van der Waals surface area contributed by atoms with E-state index in [1.54, 1.807) is 0 Å². The Morgan fingerprint density at radius 1 is 1.28 bits per heavy atom. The monoisotopic (exact) mass is 371 g/mol. The van der Waals surface area contributed by atoms with Crippen LogP contribution in [-0.2, 0) is 9.47 Å². The van der Waals surface area contributed by atoms with E-state index < -0.39 is 11.7 Å². The minimum Gasteiger partial charge on any atom is -0.444 e. The summed E-state index contributed by atoms with van der Waals surface area (Å²) in [6, 6.07) is 0. The van der Waals surface area contributed by atoms with Gasteiger partial charge in [-0.05, 0) is 34.1 Å². The standard InChI is InChI=1S/C13H26INO3/c1-6-7-8-17-13(5,9-14)10-15-11(16)18-12(2,3)4/h6-10H2,1-5H3,(H,15,16). The molecule has 0 rings (SSSR count). The molecule has 0 saturated carbocycles. The molecule has 0 bridgehead atoms. The Labute approximate surface area is 124 Å². The third kappa shape index (κ3) is 8.97. The highest BCUT2D eigenvalue weighted by molar-refractivity contribution is 14.1. The summed E-state index contributed by atoms with van der Waals surface area (Å²) in [7, 11) is 0. The van der Waals surface area contributed by atoms with Crippen LogP contribution in [0.4, 0.5) is 4.79 Å². The highest BCUT2D eigenvalue weighted by Crippen LogP contribution is 2.14. The summed E-state index contributed by atoms with van der Waals surface area (Å²) >= 11 is 2.28. The minimum absolute atomic E-state index is 0.327. The predicted molar refractivity (Wildman–Crippen MR) is 82.4 cm³/mol. The Hall–Kier alpha value is -0.0400. The van der Waals surface area contributed by atoms with Crippen molar-refractivity contribution < 1.29 is 14.3 Å². The van der Waals surface area contributed by atoms with Gasteiger partial charge in [-0.1, -0.05) is 35.9 Å². The fourth-order valence-electron chi connectivity index (χ4n) is 1.17. The lowest BCUT2D eigenvalue weighted by Crippen LogP contribution is -2.45. The molecule has 0 aliphatic carbocycles. The van der Waals surface area contributed by atoms with E-state index in [-0.39, 0.29) is 5.60 Å². The van der Waals surface area contributed by atoms with Crippen molar-refractivity contribution in [2.75, 3.05) is 17.6 Å². The summed E-state index contributed by atoms with van der Waals surface area (Å²) in [5.74, 6) is 0. The number of hydrogen-bond donors (Lipinski definition) is 1. The number of carbonyl (C=O) groups excluding carboxylic acids is 1. The van der Waals surface area contributed by atoms with Gasteiger partial charge in [-0.3, -0.25) is 0 Å². The van der Waals surface area contributed by atoms with Crippen LogP contribution in [0.2, 0.25) is 0 Å². The molecule has 1 unspecified atom stereocenters. The summed E-state index contributed by atoms with van der Waals surface area (Å²) < 4.78 is 11.8. The molecule has 18 heavy (non-hydrogen) atoms. The van der Waals surface area contributed by atoms with E-state index in [0.29, 0.717) is 6.54 Å². The van der Waals surface area contributed by atoms with Gasteiger partial charge in [-0.25, -0.2) is 4.79 Å². The largest absolute Gasteiger partial charge is 0.444 e. The van der Waals surface area contributed by atoms with Gasteiger partial charge < -0.3 is 14.8 Å². The molecule has 0 aromatic heterocycles. The molecule has 0 heterocycles. The highest BCUT2D eigenvalue weighted by Gasteiger charge is 2.25. The molecule has 0 aromatic carbocycles. The second-order valence-electron chi connectivity index (χ2n) is 5.64. The van der Waals surface area contributed by atoms with E-state index in [1.165, 1.54) is 0 Å². The fraction of sp³-hybridized carbons (Fsp3) is 0.923. The molecular weight excluding hydrogens is 345 g/mol. The highest BCUT2D eigenvalue weighted by atomic mass is 127. The fourth-order valence-corrected chi connectivity index (χ4v) is 1.66. The van der Waals surface area contributed by atoms with Crippen LogP contribution in [-0.4, -0.2) is 34.9 Å². The summed E-state index contributed by atoms with van der Waals surface area (Å²) in [6.45, 7) is 10.9. The van der Waals surface area contributed by atoms with Crippen LogP contribution in [0.15, 0.2) is 0 Å². The molecule has 0 aliphatic rings. The van der Waals surface area contributed by atoms with Gasteiger partial charge in [0.1, 0.15) is 5.60 Å². The van der Waals surface area contributed by atoms with Gasteiger partial charge in [0.2, 0.25) is 0 Å². The predicted octanol–water partition coefficient (Wildman–Crippen LogP) is 3.52. The van der Waals surface area contributed by atoms with E-state index in [1.807, 2.05) is 27.7 Å². The molecular formula is C13H26INO3. The molecule has 0 radical (unpaired) electrons. The number of alkyl carbamates (subject to hydrolysis) is 1. The Balaban J connectivity index is 4.08. The average molecular weight is 371 g/mol. The first kappa shape index (κ1) is 18.0. The maximum absolute atomic E-state index is 11.6. The molecule has 1 amide bonds. The zero-order chi connectivity index (χ0) is 14.2. The van der Waals surface area contributed by atoms with Crippen LogP contribution in [0.5, 0.6) is 0 Å². The van der Waals surface area contributed by atoms with Gasteiger partial charge in [0.05, 0.1) is 12.1 Å². The number of nitrogens with one attached hydrogen (secondary N) is 1. The first-order valence-electron chi connectivity index (χ1n) is 6.39. The number of amides is 1. The Morgan fingerprint density at radius 2 is 1.89 bits per heavy atom. The normalized spacial score (nSPS) is 15.0. The maximum Gasteiger partial charge on any atom is 0.407 e. The zero-order valence-corrected chi connectivity index (χ0v) is 14.3. The van der Waals surface area contributed by atoms with Crippen LogP contribution in [0.3, 0.4) is 0 Å². The molecule has 1 N–H and O–H groups in total. The van der Waals surface area contributed by atoms with Crippen molar-refractivity contribution >= 4 is 28.7 Å². The smallest absolute Gasteiger partial charge is 0.407 e. The first-order valence-corrected chi connectivity index (χ1v) is 7.92. The summed E-state index contributed by atoms with van der Waals surface area (Å²) in [5, 5.41) is 2.77. The topological polar surface area (TPSA) is 47.6 Å². The average Bonchev–Trinajstić information content (AvgIpc) is 2.25. The van der Waals surface area contributed by atoms with Crippen LogP contribution in [0.25, 0.3) is 0 Å². The number of carbonyl (C=O) groups is 1. The van der Waals surface area contributed by atoms with Crippen molar-refractivity contribution in [3.05, 3.63) is 0 Å². The van der Waals surface area contributed by atoms with Gasteiger partial charge in [0.15, 0.2) is 0 Å². The van der Waals surface area contributed by atoms with Crippen molar-refractivity contribution in [3.8, 4) is 0 Å². The number of halogens is 1. The molecule has 0 aliphatic heterocycles. The molecule has 4 nitrogen and oxygen atoms in total. The minimum atomic E-state index is -0.464. The van der Waals surface area contributed by atoms with Gasteiger partial charge in [-0.15, -0.1) is 0 Å². The van der Waals surface area contributed by atoms with Gasteiger partial charge in [-0.2, -0.15) is 0 Å². The van der Waals surface area contributed by atoms with Crippen molar-refractivity contribution in [3.63, 3.8) is 0 Å². The van der Waals surface area contributed by atoms with E-state index in [0.717, 1.165) is 23.9 Å². The summed E-state index contributed by atoms with van der Waals surface area (Å²) in [5.41, 5.74) is -0.791. The van der Waals surface area contributed by atoms with Gasteiger partial charge in [0, 0.05) is 11.0 Å². The lowest BCUT2D eigenvalue weighted by molar-refractivity contribution is -0.0150. The first-order chi connectivity index (χ1) is 8.22. The zero-order valence-electron chi connectivity index (χ0n) is 12.1. The summed E-state index contributed by atoms with van der Waals surface area (Å²) in [4.78, 5) is 11.6. The van der Waals surface area contributed by atoms with Crippen LogP contribution < -0.4 is 5.32 Å². The van der Waals surface area contributed by atoms with Gasteiger partial charge >= 0.3 is 6.09 Å². The van der Waals surface area contributed by atoms with Crippen LogP contribution in [0, 0.1) is 0 Å². The van der Waals surface area contributed by atoms with E-state index in [9.17, 15) is 4.79 Å².